The standard InChI is InChI=1S/C21H23ClN4O2S/c1-2-25-9-11-26(12-10-25)17-6-4-16(5-7-17)23-20(27)14-29-21-24-18-13-15(22)3-8-19(18)28-21/h3-8,13H,2,9-12,14H2,1H3,(H,23,27). The van der Waals surface area contributed by atoms with Gasteiger partial charge in [-0.15, -0.1) is 0 Å². The van der Waals surface area contributed by atoms with Crippen LogP contribution < -0.4 is 10.2 Å². The first-order valence-corrected chi connectivity index (χ1v) is 11.0. The maximum Gasteiger partial charge on any atom is 0.257 e. The number of oxazole rings is 1. The number of carbonyl (C=O) groups excluding carboxylic acids is 1. The number of halogens is 1. The molecule has 0 spiro atoms. The Bertz CT molecular complexity index is 984. The van der Waals surface area contributed by atoms with Crippen LogP contribution in [0.25, 0.3) is 11.1 Å². The van der Waals surface area contributed by atoms with Crippen molar-refractivity contribution in [1.29, 1.82) is 0 Å². The molecular formula is C21H23ClN4O2S. The Morgan fingerprint density at radius 1 is 1.17 bits per heavy atom. The van der Waals surface area contributed by atoms with Crippen molar-refractivity contribution in [2.24, 2.45) is 0 Å². The fourth-order valence-corrected chi connectivity index (χ4v) is 4.15. The van der Waals surface area contributed by atoms with Gasteiger partial charge in [0.1, 0.15) is 5.52 Å². The van der Waals surface area contributed by atoms with E-state index in [0.717, 1.165) is 38.4 Å². The van der Waals surface area contributed by atoms with E-state index in [9.17, 15) is 4.79 Å². The van der Waals surface area contributed by atoms with Gasteiger partial charge in [0.2, 0.25) is 5.91 Å². The first-order chi connectivity index (χ1) is 14.1. The van der Waals surface area contributed by atoms with Gasteiger partial charge in [-0.25, -0.2) is 4.98 Å². The van der Waals surface area contributed by atoms with Crippen LogP contribution in [0.1, 0.15) is 6.92 Å². The van der Waals surface area contributed by atoms with Crippen molar-refractivity contribution in [3.05, 3.63) is 47.5 Å². The van der Waals surface area contributed by atoms with E-state index in [0.29, 0.717) is 21.3 Å². The number of nitrogens with one attached hydrogen (secondary N) is 1. The molecule has 1 fully saturated rings. The Morgan fingerprint density at radius 3 is 2.66 bits per heavy atom. The van der Waals surface area contributed by atoms with Crippen molar-refractivity contribution in [1.82, 2.24) is 9.88 Å². The number of hydrogen-bond donors (Lipinski definition) is 1. The molecule has 0 atom stereocenters. The van der Waals surface area contributed by atoms with E-state index in [4.69, 9.17) is 16.0 Å². The normalized spacial score (nSPS) is 15.0. The molecule has 1 aliphatic heterocycles. The number of likely N-dealkylation sites (N-methyl/N-ethyl adjacent to an activating group) is 1. The monoisotopic (exact) mass is 430 g/mol. The first-order valence-electron chi connectivity index (χ1n) is 9.67. The number of fused-ring (bicyclic) bond motifs is 1. The number of amides is 1. The predicted octanol–water partition coefficient (Wildman–Crippen LogP) is 4.35. The third-order valence-electron chi connectivity index (χ3n) is 4.99. The molecule has 8 heteroatoms. The van der Waals surface area contributed by atoms with Gasteiger partial charge in [-0.05, 0) is 49.0 Å². The molecule has 1 aliphatic rings. The second-order valence-electron chi connectivity index (χ2n) is 6.90. The number of rotatable bonds is 6. The average molecular weight is 431 g/mol. The molecule has 2 heterocycles. The van der Waals surface area contributed by atoms with Gasteiger partial charge in [-0.1, -0.05) is 30.3 Å². The molecule has 29 heavy (non-hydrogen) atoms. The number of benzene rings is 2. The highest BCUT2D eigenvalue weighted by Crippen LogP contribution is 2.26. The minimum absolute atomic E-state index is 0.0976. The number of thioether (sulfide) groups is 1. The molecule has 1 amide bonds. The second kappa shape index (κ2) is 9.07. The van der Waals surface area contributed by atoms with Gasteiger partial charge in [0, 0.05) is 42.6 Å². The highest BCUT2D eigenvalue weighted by Gasteiger charge is 2.16. The summed E-state index contributed by atoms with van der Waals surface area (Å²) in [5.74, 6) is 0.126. The van der Waals surface area contributed by atoms with Crippen LogP contribution in [0.4, 0.5) is 11.4 Å². The zero-order valence-electron chi connectivity index (χ0n) is 16.2. The lowest BCUT2D eigenvalue weighted by Crippen LogP contribution is -2.46. The van der Waals surface area contributed by atoms with Crippen molar-refractivity contribution in [3.8, 4) is 0 Å². The van der Waals surface area contributed by atoms with Crippen LogP contribution in [-0.4, -0.2) is 54.3 Å². The summed E-state index contributed by atoms with van der Waals surface area (Å²) in [7, 11) is 0. The SMILES string of the molecule is CCN1CCN(c2ccc(NC(=O)CSc3nc4cc(Cl)ccc4o3)cc2)CC1. The van der Waals surface area contributed by atoms with Gasteiger partial charge < -0.3 is 19.5 Å². The van der Waals surface area contributed by atoms with Crippen molar-refractivity contribution < 1.29 is 9.21 Å². The minimum atomic E-state index is -0.0976. The van der Waals surface area contributed by atoms with Crippen LogP contribution in [0.2, 0.25) is 5.02 Å². The molecule has 3 aromatic rings. The summed E-state index contributed by atoms with van der Waals surface area (Å²) in [6.45, 7) is 7.56. The molecule has 0 unspecified atom stereocenters. The molecule has 4 rings (SSSR count). The summed E-state index contributed by atoms with van der Waals surface area (Å²) >= 11 is 7.22. The molecule has 1 N–H and O–H groups in total. The largest absolute Gasteiger partial charge is 0.431 e. The lowest BCUT2D eigenvalue weighted by atomic mass is 10.2. The molecule has 2 aromatic carbocycles. The first kappa shape index (κ1) is 20.1. The van der Waals surface area contributed by atoms with E-state index in [-0.39, 0.29) is 11.7 Å². The Labute approximate surface area is 179 Å². The summed E-state index contributed by atoms with van der Waals surface area (Å²) in [5, 5.41) is 3.99. The van der Waals surface area contributed by atoms with E-state index < -0.39 is 0 Å². The third-order valence-corrected chi connectivity index (χ3v) is 6.06. The lowest BCUT2D eigenvalue weighted by Gasteiger charge is -2.35. The smallest absolute Gasteiger partial charge is 0.257 e. The molecule has 6 nitrogen and oxygen atoms in total. The maximum absolute atomic E-state index is 12.3. The Morgan fingerprint density at radius 2 is 1.93 bits per heavy atom. The fraction of sp³-hybridized carbons (Fsp3) is 0.333. The number of carbonyl (C=O) groups is 1. The molecule has 1 saturated heterocycles. The summed E-state index contributed by atoms with van der Waals surface area (Å²) in [5.41, 5.74) is 3.33. The van der Waals surface area contributed by atoms with E-state index in [1.807, 2.05) is 12.1 Å². The highest BCUT2D eigenvalue weighted by molar-refractivity contribution is 7.99. The molecule has 0 saturated carbocycles. The Balaban J connectivity index is 1.29. The number of aromatic nitrogens is 1. The van der Waals surface area contributed by atoms with Gasteiger partial charge in [0.25, 0.3) is 5.22 Å². The van der Waals surface area contributed by atoms with Gasteiger partial charge in [-0.2, -0.15) is 0 Å². The third kappa shape index (κ3) is 5.04. The van der Waals surface area contributed by atoms with Gasteiger partial charge in [0.05, 0.1) is 5.75 Å². The summed E-state index contributed by atoms with van der Waals surface area (Å²) in [6, 6.07) is 13.3. The number of anilines is 2. The van der Waals surface area contributed by atoms with Gasteiger partial charge >= 0.3 is 0 Å². The second-order valence-corrected chi connectivity index (χ2v) is 8.26. The molecule has 0 aliphatic carbocycles. The average Bonchev–Trinajstić information content (AvgIpc) is 3.15. The van der Waals surface area contributed by atoms with E-state index in [1.165, 1.54) is 17.4 Å². The van der Waals surface area contributed by atoms with Gasteiger partial charge in [-0.3, -0.25) is 4.79 Å². The number of hydrogen-bond acceptors (Lipinski definition) is 6. The zero-order valence-corrected chi connectivity index (χ0v) is 17.8. The Kier molecular flexibility index (Phi) is 6.28. The highest BCUT2D eigenvalue weighted by atomic mass is 35.5. The summed E-state index contributed by atoms with van der Waals surface area (Å²) < 4.78 is 5.63. The Hall–Kier alpha value is -2.22. The summed E-state index contributed by atoms with van der Waals surface area (Å²) in [6.07, 6.45) is 0. The number of nitrogens with zero attached hydrogens (tertiary/aromatic N) is 3. The van der Waals surface area contributed by atoms with Crippen LogP contribution in [0.5, 0.6) is 0 Å². The van der Waals surface area contributed by atoms with Crippen LogP contribution in [0, 0.1) is 0 Å². The minimum Gasteiger partial charge on any atom is -0.431 e. The molecule has 0 radical (unpaired) electrons. The van der Waals surface area contributed by atoms with Crippen molar-refractivity contribution in [3.63, 3.8) is 0 Å². The fourth-order valence-electron chi connectivity index (χ4n) is 3.34. The topological polar surface area (TPSA) is 61.6 Å². The number of piperazine rings is 1. The van der Waals surface area contributed by atoms with Crippen molar-refractivity contribution in [2.45, 2.75) is 12.1 Å². The quantitative estimate of drug-likeness (QED) is 0.586. The van der Waals surface area contributed by atoms with Crippen LogP contribution >= 0.6 is 23.4 Å². The molecule has 1 aromatic heterocycles. The van der Waals surface area contributed by atoms with Crippen LogP contribution in [0.3, 0.4) is 0 Å². The van der Waals surface area contributed by atoms with Crippen molar-refractivity contribution in [2.75, 3.05) is 48.7 Å². The van der Waals surface area contributed by atoms with E-state index in [2.05, 4.69) is 39.2 Å². The maximum atomic E-state index is 12.3. The predicted molar refractivity (Wildman–Crippen MR) is 119 cm³/mol. The molecular weight excluding hydrogens is 408 g/mol. The summed E-state index contributed by atoms with van der Waals surface area (Å²) in [4.78, 5) is 21.5. The van der Waals surface area contributed by atoms with Crippen LogP contribution in [0.15, 0.2) is 52.1 Å². The van der Waals surface area contributed by atoms with E-state index >= 15 is 0 Å². The van der Waals surface area contributed by atoms with Crippen molar-refractivity contribution >= 4 is 51.7 Å². The van der Waals surface area contributed by atoms with Crippen LogP contribution in [-0.2, 0) is 4.79 Å². The molecule has 152 valence electrons. The lowest BCUT2D eigenvalue weighted by molar-refractivity contribution is -0.113. The van der Waals surface area contributed by atoms with Gasteiger partial charge in [0.15, 0.2) is 5.58 Å². The molecule has 0 bridgehead atoms. The zero-order chi connectivity index (χ0) is 20.2. The van der Waals surface area contributed by atoms with E-state index in [1.54, 1.807) is 18.2 Å².